The molecule has 71 valence electrons. The molecule has 0 N–H and O–H groups in total. The minimum atomic E-state index is 0. The molecule has 0 bridgehead atoms. The van der Waals surface area contributed by atoms with E-state index < -0.39 is 0 Å². The van der Waals surface area contributed by atoms with Crippen LogP contribution in [-0.2, 0) is 24.4 Å². The molecule has 0 atom stereocenters. The molecular weight excluding hydrogens is 381 g/mol. The Morgan fingerprint density at radius 3 is 2.25 bits per heavy atom. The van der Waals surface area contributed by atoms with Gasteiger partial charge in [-0.15, -0.1) is 37.2 Å². The van der Waals surface area contributed by atoms with Gasteiger partial charge in [0.15, 0.2) is 0 Å². The van der Waals surface area contributed by atoms with Crippen molar-refractivity contribution >= 4 is 37.2 Å². The Morgan fingerprint density at radius 2 is 1.92 bits per heavy atom. The van der Waals surface area contributed by atoms with E-state index in [1.165, 1.54) is 43.6 Å². The maximum Gasteiger partial charge on any atom is -0.147 e. The maximum absolute atomic E-state index is 2.30. The summed E-state index contributed by atoms with van der Waals surface area (Å²) in [6.45, 7) is 2.24. The van der Waals surface area contributed by atoms with Crippen LogP contribution in [0, 0.1) is 0 Å². The van der Waals surface area contributed by atoms with E-state index in [9.17, 15) is 0 Å². The third kappa shape index (κ3) is 5.80. The predicted octanol–water partition coefficient (Wildman–Crippen LogP) is 3.81. The maximum atomic E-state index is 2.30. The second kappa shape index (κ2) is 10.3. The molecule has 1 rings (SSSR count). The van der Waals surface area contributed by atoms with Crippen molar-refractivity contribution in [1.82, 2.24) is 0 Å². The average Bonchev–Trinajstić information content (AvgIpc) is 2.18. The summed E-state index contributed by atoms with van der Waals surface area (Å²) >= 11 is 1.27. The van der Waals surface area contributed by atoms with Crippen molar-refractivity contribution in [2.24, 2.45) is 0 Å². The van der Waals surface area contributed by atoms with Gasteiger partial charge >= 0.3 is 71.6 Å². The van der Waals surface area contributed by atoms with Gasteiger partial charge in [0.25, 0.3) is 0 Å². The van der Waals surface area contributed by atoms with Crippen LogP contribution in [0.5, 0.6) is 0 Å². The topological polar surface area (TPSA) is 0 Å². The fourth-order valence-corrected chi connectivity index (χ4v) is 2.23. The molecule has 0 unspecified atom stereocenters. The summed E-state index contributed by atoms with van der Waals surface area (Å²) in [6.07, 6.45) is 8.43. The summed E-state index contributed by atoms with van der Waals surface area (Å²) in [5.41, 5.74) is 1.63. The third-order valence-electron chi connectivity index (χ3n) is 1.55. The normalized spacial score (nSPS) is 13.0. The van der Waals surface area contributed by atoms with Gasteiger partial charge in [0, 0.05) is 0 Å². The van der Waals surface area contributed by atoms with Crippen molar-refractivity contribution in [1.29, 1.82) is 0 Å². The summed E-state index contributed by atoms with van der Waals surface area (Å²) in [5.74, 6) is 0. The molecule has 0 aromatic rings. The zero-order chi connectivity index (χ0) is 6.69. The molecule has 0 aromatic heterocycles. The molecule has 1 aliphatic rings. The second-order valence-corrected chi connectivity index (χ2v) is 4.53. The monoisotopic (exact) mass is 395 g/mol. The molecule has 0 aromatic carbocycles. The van der Waals surface area contributed by atoms with E-state index in [0.717, 1.165) is 0 Å². The first-order valence-electron chi connectivity index (χ1n) is 3.44. The van der Waals surface area contributed by atoms with Crippen LogP contribution >= 0.6 is 37.2 Å². The average molecular weight is 395 g/mol. The van der Waals surface area contributed by atoms with Crippen LogP contribution in [0.3, 0.4) is 0 Å². The molecule has 0 heterocycles. The molecule has 0 fully saturated rings. The van der Waals surface area contributed by atoms with Gasteiger partial charge in [-0.05, 0) is 0 Å². The number of rotatable bonds is 2. The summed E-state index contributed by atoms with van der Waals surface area (Å²) in [4.78, 5) is 0. The summed E-state index contributed by atoms with van der Waals surface area (Å²) in [7, 11) is 0. The Balaban J connectivity index is -0.000000270. The first kappa shape index (κ1) is 18.9. The summed E-state index contributed by atoms with van der Waals surface area (Å²) in [5, 5.41) is 0. The standard InChI is InChI=1S/C8H11.3ClH.Hf/c1-2-5-8-6-3-4-7-8;;;;/h3,6H,2,4-5H2,1H3;3*1H;. The van der Waals surface area contributed by atoms with E-state index in [2.05, 4.69) is 19.1 Å². The van der Waals surface area contributed by atoms with Gasteiger partial charge in [-0.3, -0.25) is 0 Å². The molecule has 1 aliphatic carbocycles. The summed E-state index contributed by atoms with van der Waals surface area (Å²) < 4.78 is 1.71. The van der Waals surface area contributed by atoms with E-state index in [1.54, 1.807) is 8.90 Å². The molecule has 0 saturated carbocycles. The molecule has 4 heteroatoms. The van der Waals surface area contributed by atoms with Crippen molar-refractivity contribution < 1.29 is 24.4 Å². The van der Waals surface area contributed by atoms with Crippen LogP contribution in [0.2, 0.25) is 0 Å². The zero-order valence-electron chi connectivity index (χ0n) is 7.00. The smallest absolute Gasteiger partial charge is 0.147 e. The van der Waals surface area contributed by atoms with Crippen LogP contribution in [0.1, 0.15) is 26.2 Å². The van der Waals surface area contributed by atoms with Gasteiger partial charge < -0.3 is 0 Å². The number of allylic oxidation sites excluding steroid dienone is 4. The van der Waals surface area contributed by atoms with E-state index in [0.29, 0.717) is 0 Å². The Labute approximate surface area is 108 Å². The molecule has 0 radical (unpaired) electrons. The van der Waals surface area contributed by atoms with Crippen molar-refractivity contribution in [3.05, 3.63) is 21.1 Å². The van der Waals surface area contributed by atoms with E-state index in [1.807, 2.05) is 0 Å². The van der Waals surface area contributed by atoms with E-state index >= 15 is 0 Å². The number of hydrogen-bond acceptors (Lipinski definition) is 0. The van der Waals surface area contributed by atoms with E-state index in [4.69, 9.17) is 0 Å². The van der Waals surface area contributed by atoms with E-state index in [-0.39, 0.29) is 37.2 Å². The first-order chi connectivity index (χ1) is 4.34. The fraction of sp³-hybridized carbons (Fsp3) is 0.500. The second-order valence-electron chi connectivity index (χ2n) is 2.36. The Kier molecular flexibility index (Phi) is 16.2. The Bertz CT molecular complexity index is 164. The fourth-order valence-electron chi connectivity index (χ4n) is 1.05. The minimum Gasteiger partial charge on any atom is -0.147 e. The van der Waals surface area contributed by atoms with Gasteiger partial charge in [-0.1, -0.05) is 0 Å². The van der Waals surface area contributed by atoms with Gasteiger partial charge in [-0.2, -0.15) is 0 Å². The third-order valence-corrected chi connectivity index (χ3v) is 3.43. The minimum absolute atomic E-state index is 0. The van der Waals surface area contributed by atoms with Gasteiger partial charge in [0.1, 0.15) is 0 Å². The van der Waals surface area contributed by atoms with Crippen LogP contribution in [-0.4, -0.2) is 0 Å². The molecule has 0 nitrogen and oxygen atoms in total. The zero-order valence-corrected chi connectivity index (χ0v) is 13.0. The largest absolute Gasteiger partial charge is 0.147 e. The molecule has 0 saturated heterocycles. The quantitative estimate of drug-likeness (QED) is 0.624. The van der Waals surface area contributed by atoms with Gasteiger partial charge in [0.05, 0.1) is 0 Å². The van der Waals surface area contributed by atoms with Crippen LogP contribution in [0.25, 0.3) is 0 Å². The molecule has 0 aliphatic heterocycles. The van der Waals surface area contributed by atoms with Crippen LogP contribution in [0.15, 0.2) is 21.1 Å². The van der Waals surface area contributed by atoms with Crippen molar-refractivity contribution in [2.45, 2.75) is 26.2 Å². The first-order valence-corrected chi connectivity index (χ1v) is 5.24. The van der Waals surface area contributed by atoms with Crippen molar-refractivity contribution in [2.75, 3.05) is 0 Å². The van der Waals surface area contributed by atoms with Gasteiger partial charge in [0.2, 0.25) is 0 Å². The summed E-state index contributed by atoms with van der Waals surface area (Å²) in [6, 6.07) is 0. The van der Waals surface area contributed by atoms with Gasteiger partial charge in [-0.25, -0.2) is 0 Å². The van der Waals surface area contributed by atoms with Crippen LogP contribution in [0.4, 0.5) is 0 Å². The SMILES string of the molecule is CCCC1=[C]([Hf])CC=C1.Cl.Cl.Cl. The van der Waals surface area contributed by atoms with Crippen LogP contribution < -0.4 is 0 Å². The molecule has 0 spiro atoms. The molecule has 0 amide bonds. The molecule has 12 heavy (non-hydrogen) atoms. The Hall–Kier alpha value is 1.22. The predicted molar refractivity (Wildman–Crippen MR) is 57.4 cm³/mol. The van der Waals surface area contributed by atoms with Crippen molar-refractivity contribution in [3.8, 4) is 0 Å². The van der Waals surface area contributed by atoms with Crippen molar-refractivity contribution in [3.63, 3.8) is 0 Å². The Morgan fingerprint density at radius 1 is 1.33 bits per heavy atom. The molecular formula is C8H14Cl3Hf. The number of hydrogen-bond donors (Lipinski definition) is 0. The number of halogens is 3.